The molecule has 2 heterocycles. The second kappa shape index (κ2) is 6.25. The summed E-state index contributed by atoms with van der Waals surface area (Å²) < 4.78 is 4.76. The standard InChI is InChI=1S/C15H15ClN2O5S/c1-15(8-16)13(17-11(19)6-12(17)24-15)14(20)23-7-9-2-4-10(5-3-9)18(21)22/h2-5,12-13H,6-8H2,1H3/t12-,13-,15-/m0/s1. The van der Waals surface area contributed by atoms with E-state index in [0.29, 0.717) is 12.0 Å². The Labute approximate surface area is 147 Å². The van der Waals surface area contributed by atoms with Crippen LogP contribution in [0.5, 0.6) is 0 Å². The van der Waals surface area contributed by atoms with Gasteiger partial charge in [0.15, 0.2) is 0 Å². The molecule has 2 fully saturated rings. The average molecular weight is 371 g/mol. The van der Waals surface area contributed by atoms with Crippen molar-refractivity contribution >= 4 is 40.9 Å². The van der Waals surface area contributed by atoms with E-state index in [2.05, 4.69) is 0 Å². The zero-order chi connectivity index (χ0) is 17.5. The van der Waals surface area contributed by atoms with E-state index in [0.717, 1.165) is 0 Å². The van der Waals surface area contributed by atoms with Gasteiger partial charge in [-0.1, -0.05) is 0 Å². The van der Waals surface area contributed by atoms with Gasteiger partial charge in [-0.15, -0.1) is 23.4 Å². The quantitative estimate of drug-likeness (QED) is 0.260. The third-order valence-electron chi connectivity index (χ3n) is 4.23. The fraction of sp³-hybridized carbons (Fsp3) is 0.467. The molecule has 1 aromatic carbocycles. The minimum Gasteiger partial charge on any atom is -0.459 e. The molecule has 128 valence electrons. The molecule has 2 aliphatic rings. The third-order valence-corrected chi connectivity index (χ3v) is 6.51. The van der Waals surface area contributed by atoms with Crippen molar-refractivity contribution in [3.8, 4) is 0 Å². The SMILES string of the molecule is C[C@@]1(CCl)S[C@H]2CC(=O)N2[C@H]1C(=O)OCc1ccc([N+](=O)[O-])cc1. The number of non-ortho nitro benzene ring substituents is 1. The summed E-state index contributed by atoms with van der Waals surface area (Å²) >= 11 is 7.55. The molecule has 3 atom stereocenters. The molecule has 3 rings (SSSR count). The van der Waals surface area contributed by atoms with E-state index in [4.69, 9.17) is 16.3 Å². The van der Waals surface area contributed by atoms with E-state index >= 15 is 0 Å². The van der Waals surface area contributed by atoms with Gasteiger partial charge in [0, 0.05) is 18.0 Å². The largest absolute Gasteiger partial charge is 0.459 e. The van der Waals surface area contributed by atoms with E-state index in [1.807, 2.05) is 6.92 Å². The van der Waals surface area contributed by atoms with E-state index in [1.54, 1.807) is 4.90 Å². The number of ether oxygens (including phenoxy) is 1. The summed E-state index contributed by atoms with van der Waals surface area (Å²) in [6.07, 6.45) is 0.420. The molecule has 0 aromatic heterocycles. The maximum absolute atomic E-state index is 12.5. The number of amides is 1. The monoisotopic (exact) mass is 370 g/mol. The van der Waals surface area contributed by atoms with Crippen molar-refractivity contribution in [2.45, 2.75) is 36.1 Å². The molecule has 2 aliphatic heterocycles. The predicted molar refractivity (Wildman–Crippen MR) is 88.6 cm³/mol. The number of carbonyl (C=O) groups excluding carboxylic acids is 2. The van der Waals surface area contributed by atoms with Crippen LogP contribution in [0.25, 0.3) is 0 Å². The Kier molecular flexibility index (Phi) is 4.44. The number of nitro benzene ring substituents is 1. The number of hydrogen-bond donors (Lipinski definition) is 0. The van der Waals surface area contributed by atoms with Crippen LogP contribution in [-0.2, 0) is 20.9 Å². The van der Waals surface area contributed by atoms with Crippen molar-refractivity contribution in [3.05, 3.63) is 39.9 Å². The molecule has 0 aliphatic carbocycles. The van der Waals surface area contributed by atoms with Crippen LogP contribution < -0.4 is 0 Å². The minimum atomic E-state index is -0.704. The topological polar surface area (TPSA) is 89.8 Å². The molecule has 1 aromatic rings. The lowest BCUT2D eigenvalue weighted by molar-refractivity contribution is -0.384. The lowest BCUT2D eigenvalue weighted by Crippen LogP contribution is -2.58. The van der Waals surface area contributed by atoms with Crippen LogP contribution in [0, 0.1) is 10.1 Å². The molecule has 0 saturated carbocycles. The molecule has 24 heavy (non-hydrogen) atoms. The molecule has 0 N–H and O–H groups in total. The summed E-state index contributed by atoms with van der Waals surface area (Å²) in [6, 6.07) is 5.07. The Morgan fingerprint density at radius 1 is 1.50 bits per heavy atom. The van der Waals surface area contributed by atoms with Crippen molar-refractivity contribution < 1.29 is 19.2 Å². The van der Waals surface area contributed by atoms with E-state index in [-0.39, 0.29) is 29.5 Å². The molecule has 0 spiro atoms. The predicted octanol–water partition coefficient (Wildman–Crippen LogP) is 2.31. The maximum atomic E-state index is 12.5. The van der Waals surface area contributed by atoms with Crippen LogP contribution in [0.15, 0.2) is 24.3 Å². The van der Waals surface area contributed by atoms with Crippen molar-refractivity contribution in [1.29, 1.82) is 0 Å². The number of hydrogen-bond acceptors (Lipinski definition) is 6. The minimum absolute atomic E-state index is 0.0109. The Bertz CT molecular complexity index is 698. The summed E-state index contributed by atoms with van der Waals surface area (Å²) in [5, 5.41) is 10.6. The van der Waals surface area contributed by atoms with Crippen LogP contribution in [0.4, 0.5) is 5.69 Å². The number of halogens is 1. The Morgan fingerprint density at radius 2 is 2.17 bits per heavy atom. The number of nitro groups is 1. The third kappa shape index (κ3) is 2.84. The molecule has 0 unspecified atom stereocenters. The van der Waals surface area contributed by atoms with Gasteiger partial charge in [0.25, 0.3) is 5.69 Å². The summed E-state index contributed by atoms with van der Waals surface area (Å²) in [4.78, 5) is 36.0. The summed E-state index contributed by atoms with van der Waals surface area (Å²) in [7, 11) is 0. The van der Waals surface area contributed by atoms with Gasteiger partial charge in [0.2, 0.25) is 5.91 Å². The van der Waals surface area contributed by atoms with Crippen molar-refractivity contribution in [2.75, 3.05) is 5.88 Å². The fourth-order valence-electron chi connectivity index (χ4n) is 2.89. The first kappa shape index (κ1) is 17.0. The number of fused-ring (bicyclic) bond motifs is 1. The number of nitrogens with zero attached hydrogens (tertiary/aromatic N) is 2. The van der Waals surface area contributed by atoms with Crippen molar-refractivity contribution in [1.82, 2.24) is 4.90 Å². The highest BCUT2D eigenvalue weighted by atomic mass is 35.5. The first-order valence-electron chi connectivity index (χ1n) is 7.30. The Morgan fingerprint density at radius 3 is 2.71 bits per heavy atom. The fourth-order valence-corrected chi connectivity index (χ4v) is 4.83. The number of thioether (sulfide) groups is 1. The highest BCUT2D eigenvalue weighted by Gasteiger charge is 2.60. The highest BCUT2D eigenvalue weighted by Crippen LogP contribution is 2.51. The zero-order valence-electron chi connectivity index (χ0n) is 12.8. The molecule has 9 heteroatoms. The second-order valence-corrected chi connectivity index (χ2v) is 7.94. The summed E-state index contributed by atoms with van der Waals surface area (Å²) in [5.74, 6) is -0.340. The van der Waals surface area contributed by atoms with Crippen LogP contribution in [0.2, 0.25) is 0 Å². The number of alkyl halides is 1. The first-order valence-corrected chi connectivity index (χ1v) is 8.72. The van der Waals surface area contributed by atoms with Gasteiger partial charge in [0.1, 0.15) is 12.6 Å². The van der Waals surface area contributed by atoms with Gasteiger partial charge in [-0.2, -0.15) is 0 Å². The molecular formula is C15H15ClN2O5S. The molecule has 0 radical (unpaired) electrons. The van der Waals surface area contributed by atoms with Gasteiger partial charge in [-0.3, -0.25) is 14.9 Å². The number of esters is 1. The van der Waals surface area contributed by atoms with Crippen LogP contribution in [0.3, 0.4) is 0 Å². The number of benzene rings is 1. The van der Waals surface area contributed by atoms with E-state index in [1.165, 1.54) is 36.0 Å². The van der Waals surface area contributed by atoms with E-state index in [9.17, 15) is 19.7 Å². The number of carbonyl (C=O) groups is 2. The van der Waals surface area contributed by atoms with Crippen molar-refractivity contribution in [3.63, 3.8) is 0 Å². The smallest absolute Gasteiger partial charge is 0.330 e. The highest BCUT2D eigenvalue weighted by molar-refractivity contribution is 8.01. The van der Waals surface area contributed by atoms with Gasteiger partial charge < -0.3 is 9.64 Å². The lowest BCUT2D eigenvalue weighted by Gasteiger charge is -2.37. The van der Waals surface area contributed by atoms with Crippen LogP contribution in [0.1, 0.15) is 18.9 Å². The molecule has 2 saturated heterocycles. The summed E-state index contributed by atoms with van der Waals surface area (Å²) in [6.45, 7) is 1.84. The second-order valence-electron chi connectivity index (χ2n) is 5.96. The molecule has 1 amide bonds. The van der Waals surface area contributed by atoms with Crippen LogP contribution >= 0.6 is 23.4 Å². The lowest BCUT2D eigenvalue weighted by atomic mass is 9.98. The first-order chi connectivity index (χ1) is 11.4. The van der Waals surface area contributed by atoms with Crippen LogP contribution in [-0.4, -0.2) is 43.7 Å². The van der Waals surface area contributed by atoms with Gasteiger partial charge in [0.05, 0.1) is 21.5 Å². The Balaban J connectivity index is 1.67. The number of rotatable bonds is 5. The molecule has 0 bridgehead atoms. The van der Waals surface area contributed by atoms with Gasteiger partial charge in [-0.05, 0) is 24.6 Å². The van der Waals surface area contributed by atoms with Gasteiger partial charge in [-0.25, -0.2) is 4.79 Å². The van der Waals surface area contributed by atoms with Gasteiger partial charge >= 0.3 is 5.97 Å². The zero-order valence-corrected chi connectivity index (χ0v) is 14.4. The summed E-state index contributed by atoms with van der Waals surface area (Å²) in [5.41, 5.74) is 0.611. The van der Waals surface area contributed by atoms with E-state index < -0.39 is 21.7 Å². The maximum Gasteiger partial charge on any atom is 0.330 e. The number of β-lactam (4-membered cyclic amide) rings is 1. The average Bonchev–Trinajstić information content (AvgIpc) is 2.81. The molecular weight excluding hydrogens is 356 g/mol. The van der Waals surface area contributed by atoms with Crippen molar-refractivity contribution in [2.24, 2.45) is 0 Å². The normalized spacial score (nSPS) is 28.2. The Hall–Kier alpha value is -1.80. The molecule has 7 nitrogen and oxygen atoms in total.